The van der Waals surface area contributed by atoms with Crippen LogP contribution in [0.25, 0.3) is 0 Å². The highest BCUT2D eigenvalue weighted by Crippen LogP contribution is 2.18. The average molecular weight is 310 g/mol. The van der Waals surface area contributed by atoms with Gasteiger partial charge in [0.05, 0.1) is 0 Å². The van der Waals surface area contributed by atoms with E-state index in [0.29, 0.717) is 15.7 Å². The highest BCUT2D eigenvalue weighted by molar-refractivity contribution is 7.15. The van der Waals surface area contributed by atoms with E-state index in [0.717, 1.165) is 17.8 Å². The first-order valence-electron chi connectivity index (χ1n) is 6.58. The largest absolute Gasteiger partial charge is 0.296 e. The molecule has 6 heteroatoms. The summed E-state index contributed by atoms with van der Waals surface area (Å²) in [7, 11) is 0. The van der Waals surface area contributed by atoms with Crippen molar-refractivity contribution in [2.24, 2.45) is 0 Å². The fourth-order valence-corrected chi connectivity index (χ4v) is 2.60. The normalized spacial score (nSPS) is 10.5. The molecule has 1 amide bonds. The van der Waals surface area contributed by atoms with Crippen LogP contribution in [0.15, 0.2) is 24.3 Å². The Morgan fingerprint density at radius 2 is 2.00 bits per heavy atom. The third-order valence-corrected chi connectivity index (χ3v) is 3.94. The topological polar surface area (TPSA) is 54.9 Å². The molecule has 1 heterocycles. The number of halogens is 1. The van der Waals surface area contributed by atoms with Crippen molar-refractivity contribution in [3.63, 3.8) is 0 Å². The summed E-state index contributed by atoms with van der Waals surface area (Å²) < 4.78 is 0. The Kier molecular flexibility index (Phi) is 5.49. The maximum absolute atomic E-state index is 12.0. The number of hydrogen-bond donors (Lipinski definition) is 1. The minimum absolute atomic E-state index is 0.196. The summed E-state index contributed by atoms with van der Waals surface area (Å²) >= 11 is 7.22. The van der Waals surface area contributed by atoms with E-state index in [1.54, 1.807) is 24.3 Å². The van der Waals surface area contributed by atoms with E-state index in [4.69, 9.17) is 11.6 Å². The van der Waals surface area contributed by atoms with Crippen LogP contribution < -0.4 is 5.32 Å². The molecule has 0 atom stereocenters. The fraction of sp³-hybridized carbons (Fsp3) is 0.357. The molecule has 4 nitrogen and oxygen atoms in total. The highest BCUT2D eigenvalue weighted by Gasteiger charge is 2.10. The van der Waals surface area contributed by atoms with Gasteiger partial charge >= 0.3 is 0 Å². The summed E-state index contributed by atoms with van der Waals surface area (Å²) in [5.41, 5.74) is 0.553. The molecule has 2 rings (SSSR count). The first-order valence-corrected chi connectivity index (χ1v) is 7.78. The number of carbonyl (C=O) groups excluding carboxylic acids is 1. The van der Waals surface area contributed by atoms with Crippen molar-refractivity contribution in [3.05, 3.63) is 39.9 Å². The second-order valence-corrected chi connectivity index (χ2v) is 5.92. The SMILES string of the molecule is CCCCCc1nnc(NC(=O)c2ccc(Cl)cc2)s1. The van der Waals surface area contributed by atoms with Crippen molar-refractivity contribution in [3.8, 4) is 0 Å². The molecule has 1 aromatic carbocycles. The van der Waals surface area contributed by atoms with Gasteiger partial charge in [-0.3, -0.25) is 10.1 Å². The van der Waals surface area contributed by atoms with Gasteiger partial charge in [0.15, 0.2) is 0 Å². The second kappa shape index (κ2) is 7.36. The monoisotopic (exact) mass is 309 g/mol. The molecule has 0 aliphatic rings. The van der Waals surface area contributed by atoms with Gasteiger partial charge in [-0.1, -0.05) is 42.7 Å². The molecule has 1 aromatic heterocycles. The van der Waals surface area contributed by atoms with Gasteiger partial charge in [0.2, 0.25) is 5.13 Å². The van der Waals surface area contributed by atoms with Gasteiger partial charge in [-0.15, -0.1) is 10.2 Å². The van der Waals surface area contributed by atoms with Crippen LogP contribution in [0.1, 0.15) is 41.6 Å². The van der Waals surface area contributed by atoms with Crippen molar-refractivity contribution in [1.29, 1.82) is 0 Å². The van der Waals surface area contributed by atoms with Crippen LogP contribution in [0.4, 0.5) is 5.13 Å². The Balaban J connectivity index is 1.92. The van der Waals surface area contributed by atoms with Crippen molar-refractivity contribution in [2.45, 2.75) is 32.6 Å². The molecule has 106 valence electrons. The number of rotatable bonds is 6. The van der Waals surface area contributed by atoms with Gasteiger partial charge in [0.25, 0.3) is 5.91 Å². The molecule has 0 saturated heterocycles. The molecule has 0 unspecified atom stereocenters. The molecule has 0 spiro atoms. The van der Waals surface area contributed by atoms with E-state index < -0.39 is 0 Å². The van der Waals surface area contributed by atoms with Gasteiger partial charge in [-0.2, -0.15) is 0 Å². The number of nitrogens with one attached hydrogen (secondary N) is 1. The molecule has 1 N–H and O–H groups in total. The zero-order valence-corrected chi connectivity index (χ0v) is 12.8. The van der Waals surface area contributed by atoms with Gasteiger partial charge in [0, 0.05) is 17.0 Å². The lowest BCUT2D eigenvalue weighted by atomic mass is 10.2. The van der Waals surface area contributed by atoms with Gasteiger partial charge in [0.1, 0.15) is 5.01 Å². The summed E-state index contributed by atoms with van der Waals surface area (Å²) in [4.78, 5) is 12.0. The zero-order chi connectivity index (χ0) is 14.4. The Bertz CT molecular complexity index is 568. The van der Waals surface area contributed by atoms with Crippen LogP contribution >= 0.6 is 22.9 Å². The predicted octanol–water partition coefficient (Wildman–Crippen LogP) is 4.18. The first-order chi connectivity index (χ1) is 9.69. The maximum Gasteiger partial charge on any atom is 0.257 e. The molecule has 20 heavy (non-hydrogen) atoms. The number of hydrogen-bond acceptors (Lipinski definition) is 4. The number of anilines is 1. The first kappa shape index (κ1) is 14.9. The Morgan fingerprint density at radius 1 is 1.25 bits per heavy atom. The third-order valence-electron chi connectivity index (χ3n) is 2.79. The summed E-state index contributed by atoms with van der Waals surface area (Å²) in [6.45, 7) is 2.16. The van der Waals surface area contributed by atoms with Crippen LogP contribution in [0.2, 0.25) is 5.02 Å². The van der Waals surface area contributed by atoms with Gasteiger partial charge in [-0.25, -0.2) is 0 Å². The van der Waals surface area contributed by atoms with Crippen molar-refractivity contribution in [2.75, 3.05) is 5.32 Å². The van der Waals surface area contributed by atoms with E-state index in [9.17, 15) is 4.79 Å². The van der Waals surface area contributed by atoms with E-state index in [2.05, 4.69) is 22.4 Å². The van der Waals surface area contributed by atoms with Crippen molar-refractivity contribution in [1.82, 2.24) is 10.2 Å². The number of carbonyl (C=O) groups is 1. The standard InChI is InChI=1S/C14H16ClN3OS/c1-2-3-4-5-12-17-18-14(20-12)16-13(19)10-6-8-11(15)9-7-10/h6-9H,2-5H2,1H3,(H,16,18,19). The molecule has 2 aromatic rings. The summed E-state index contributed by atoms with van der Waals surface area (Å²) in [6, 6.07) is 6.74. The minimum Gasteiger partial charge on any atom is -0.296 e. The van der Waals surface area contributed by atoms with Crippen molar-refractivity contribution < 1.29 is 4.79 Å². The van der Waals surface area contributed by atoms with Crippen LogP contribution in [0, 0.1) is 0 Å². The lowest BCUT2D eigenvalue weighted by molar-refractivity contribution is 0.102. The average Bonchev–Trinajstić information content (AvgIpc) is 2.87. The molecule has 0 aliphatic carbocycles. The highest BCUT2D eigenvalue weighted by atomic mass is 35.5. The van der Waals surface area contributed by atoms with E-state index in [-0.39, 0.29) is 5.91 Å². The lowest BCUT2D eigenvalue weighted by Crippen LogP contribution is -2.11. The maximum atomic E-state index is 12.0. The number of amides is 1. The quantitative estimate of drug-likeness (QED) is 0.814. The van der Waals surface area contributed by atoms with E-state index >= 15 is 0 Å². The van der Waals surface area contributed by atoms with E-state index in [1.807, 2.05) is 0 Å². The lowest BCUT2D eigenvalue weighted by Gasteiger charge is -2.00. The van der Waals surface area contributed by atoms with Crippen LogP contribution in [-0.2, 0) is 6.42 Å². The van der Waals surface area contributed by atoms with Crippen LogP contribution in [-0.4, -0.2) is 16.1 Å². The number of nitrogens with zero attached hydrogens (tertiary/aromatic N) is 2. The predicted molar refractivity (Wildman–Crippen MR) is 82.5 cm³/mol. The summed E-state index contributed by atoms with van der Waals surface area (Å²) in [6.07, 6.45) is 4.39. The molecule has 0 saturated carbocycles. The zero-order valence-electron chi connectivity index (χ0n) is 11.2. The number of unbranched alkanes of at least 4 members (excludes halogenated alkanes) is 2. The van der Waals surface area contributed by atoms with Gasteiger partial charge < -0.3 is 0 Å². The summed E-state index contributed by atoms with van der Waals surface area (Å²) in [5, 5.41) is 12.9. The van der Waals surface area contributed by atoms with Gasteiger partial charge in [-0.05, 0) is 30.7 Å². The Hall–Kier alpha value is -1.46. The van der Waals surface area contributed by atoms with E-state index in [1.165, 1.54) is 24.2 Å². The number of aromatic nitrogens is 2. The Morgan fingerprint density at radius 3 is 2.70 bits per heavy atom. The smallest absolute Gasteiger partial charge is 0.257 e. The van der Waals surface area contributed by atoms with Crippen LogP contribution in [0.5, 0.6) is 0 Å². The summed E-state index contributed by atoms with van der Waals surface area (Å²) in [5.74, 6) is -0.196. The van der Waals surface area contributed by atoms with Crippen LogP contribution in [0.3, 0.4) is 0 Å². The second-order valence-electron chi connectivity index (χ2n) is 4.42. The molecular weight excluding hydrogens is 294 g/mol. The molecule has 0 fully saturated rings. The minimum atomic E-state index is -0.196. The number of aryl methyl sites for hydroxylation is 1. The molecule has 0 radical (unpaired) electrons. The third kappa shape index (κ3) is 4.28. The Labute approximate surface area is 127 Å². The molecule has 0 aliphatic heterocycles. The fourth-order valence-electron chi connectivity index (χ4n) is 1.70. The molecule has 0 bridgehead atoms. The molecular formula is C14H16ClN3OS. The number of benzene rings is 1. The van der Waals surface area contributed by atoms with Crippen molar-refractivity contribution >= 4 is 34.0 Å².